The summed E-state index contributed by atoms with van der Waals surface area (Å²) in [5, 5.41) is -0.735. The molecule has 0 radical (unpaired) electrons. The molecule has 25 heavy (non-hydrogen) atoms. The first-order valence-corrected chi connectivity index (χ1v) is 10.4. The molecule has 2 N–H and O–H groups in total. The fraction of sp³-hybridized carbons (Fsp3) is 0.278. The molecule has 1 aliphatic rings. The van der Waals surface area contributed by atoms with Crippen molar-refractivity contribution in [2.24, 2.45) is 11.1 Å². The second-order valence-corrected chi connectivity index (χ2v) is 9.57. The van der Waals surface area contributed by atoms with E-state index in [4.69, 9.17) is 22.7 Å². The molecule has 3 atom stereocenters. The highest BCUT2D eigenvalue weighted by atomic mass is 79.9. The molecular formula is C18H18BrNO3S2. The Morgan fingerprint density at radius 2 is 1.80 bits per heavy atom. The molecule has 0 spiro atoms. The van der Waals surface area contributed by atoms with Crippen molar-refractivity contribution in [2.75, 3.05) is 13.7 Å². The molecule has 0 saturated heterocycles. The maximum absolute atomic E-state index is 13.3. The Bertz CT molecular complexity index is 884. The molecule has 2 aromatic carbocycles. The number of ether oxygens (including phenoxy) is 1. The zero-order valence-electron chi connectivity index (χ0n) is 13.6. The number of methoxy groups -OCH3 is 1. The molecule has 0 bridgehead atoms. The third-order valence-electron chi connectivity index (χ3n) is 4.73. The van der Waals surface area contributed by atoms with Crippen LogP contribution in [0.25, 0.3) is 0 Å². The third-order valence-corrected chi connectivity index (χ3v) is 7.93. The third kappa shape index (κ3) is 3.03. The number of hydrogen-bond donors (Lipinski definition) is 1. The van der Waals surface area contributed by atoms with Crippen LogP contribution in [0.5, 0.6) is 0 Å². The predicted molar refractivity (Wildman–Crippen MR) is 105 cm³/mol. The first-order chi connectivity index (χ1) is 11.9. The maximum Gasteiger partial charge on any atom is 0.182 e. The summed E-state index contributed by atoms with van der Waals surface area (Å²) in [5.74, 6) is -0.330. The van der Waals surface area contributed by atoms with Gasteiger partial charge in [0.1, 0.15) is 0 Å². The van der Waals surface area contributed by atoms with Crippen LogP contribution in [-0.4, -0.2) is 32.4 Å². The summed E-state index contributed by atoms with van der Waals surface area (Å²) in [4.78, 5) is 0.447. The lowest BCUT2D eigenvalue weighted by Gasteiger charge is -2.16. The molecule has 3 unspecified atom stereocenters. The number of sulfone groups is 1. The normalized spacial score (nSPS) is 25.5. The minimum Gasteiger partial charge on any atom is -0.393 e. The van der Waals surface area contributed by atoms with E-state index in [1.165, 1.54) is 7.11 Å². The van der Waals surface area contributed by atoms with Gasteiger partial charge < -0.3 is 10.5 Å². The lowest BCUT2D eigenvalue weighted by molar-refractivity contribution is 0.166. The van der Waals surface area contributed by atoms with Crippen molar-refractivity contribution >= 4 is 43.0 Å². The van der Waals surface area contributed by atoms with Gasteiger partial charge in [-0.15, -0.1) is 0 Å². The Morgan fingerprint density at radius 3 is 2.32 bits per heavy atom. The van der Waals surface area contributed by atoms with Crippen LogP contribution in [0, 0.1) is 5.41 Å². The van der Waals surface area contributed by atoms with Gasteiger partial charge in [0.25, 0.3) is 0 Å². The zero-order chi connectivity index (χ0) is 18.2. The number of nitrogens with two attached hydrogens (primary N) is 1. The molecule has 0 aliphatic heterocycles. The average molecular weight is 440 g/mol. The Morgan fingerprint density at radius 1 is 1.20 bits per heavy atom. The maximum atomic E-state index is 13.3. The van der Waals surface area contributed by atoms with Gasteiger partial charge in [-0.25, -0.2) is 8.42 Å². The van der Waals surface area contributed by atoms with E-state index in [0.717, 1.165) is 10.0 Å². The lowest BCUT2D eigenvalue weighted by atomic mass is 10.00. The SMILES string of the molecule is COCC1(C(N)=S)C(c2ccc(Br)cc2)C1S(=O)(=O)c1ccccc1. The number of rotatable bonds is 6. The fourth-order valence-corrected chi connectivity index (χ4v) is 6.59. The van der Waals surface area contributed by atoms with Crippen LogP contribution in [0.2, 0.25) is 0 Å². The summed E-state index contributed by atoms with van der Waals surface area (Å²) in [7, 11) is -2.08. The largest absolute Gasteiger partial charge is 0.393 e. The Kier molecular flexibility index (Phi) is 5.03. The first kappa shape index (κ1) is 18.5. The Labute approximate surface area is 161 Å². The standard InChI is InChI=1S/C18H18BrNO3S2/c1-23-11-18(17(20)24)15(12-7-9-13(19)10-8-12)16(18)25(21,22)14-5-3-2-4-6-14/h2-10,15-16H,11H2,1H3,(H2,20,24). The molecule has 0 aromatic heterocycles. The summed E-state index contributed by atoms with van der Waals surface area (Å²) >= 11 is 8.68. The van der Waals surface area contributed by atoms with Crippen LogP contribution in [-0.2, 0) is 14.6 Å². The van der Waals surface area contributed by atoms with Crippen molar-refractivity contribution in [1.82, 2.24) is 0 Å². The van der Waals surface area contributed by atoms with Crippen molar-refractivity contribution in [3.63, 3.8) is 0 Å². The van der Waals surface area contributed by atoms with Gasteiger partial charge in [0, 0.05) is 17.5 Å². The molecule has 3 rings (SSSR count). The molecule has 0 amide bonds. The van der Waals surface area contributed by atoms with Gasteiger partial charge in [-0.3, -0.25) is 0 Å². The van der Waals surface area contributed by atoms with Crippen LogP contribution in [0.1, 0.15) is 11.5 Å². The minimum atomic E-state index is -3.61. The van der Waals surface area contributed by atoms with E-state index in [0.29, 0.717) is 0 Å². The fourth-order valence-electron chi connectivity index (χ4n) is 3.54. The number of hydrogen-bond acceptors (Lipinski definition) is 4. The van der Waals surface area contributed by atoms with Crippen molar-refractivity contribution in [2.45, 2.75) is 16.1 Å². The lowest BCUT2D eigenvalue weighted by Crippen LogP contribution is -2.33. The number of halogens is 1. The van der Waals surface area contributed by atoms with Gasteiger partial charge in [0.15, 0.2) is 9.84 Å². The number of thiocarbonyl (C=S) groups is 1. The highest BCUT2D eigenvalue weighted by Crippen LogP contribution is 2.64. The van der Waals surface area contributed by atoms with E-state index in [1.54, 1.807) is 30.3 Å². The van der Waals surface area contributed by atoms with Crippen molar-refractivity contribution in [3.05, 3.63) is 64.6 Å². The van der Waals surface area contributed by atoms with E-state index in [-0.39, 0.29) is 22.4 Å². The summed E-state index contributed by atoms with van der Waals surface area (Å²) in [6.45, 7) is 0.166. The van der Waals surface area contributed by atoms with Gasteiger partial charge in [-0.05, 0) is 29.8 Å². The van der Waals surface area contributed by atoms with E-state index >= 15 is 0 Å². The van der Waals surface area contributed by atoms with E-state index in [1.807, 2.05) is 24.3 Å². The topological polar surface area (TPSA) is 69.4 Å². The summed E-state index contributed by atoms with van der Waals surface area (Å²) in [6.07, 6.45) is 0. The Balaban J connectivity index is 2.12. The summed E-state index contributed by atoms with van der Waals surface area (Å²) in [6, 6.07) is 16.0. The van der Waals surface area contributed by atoms with Crippen LogP contribution in [0.15, 0.2) is 64.0 Å². The number of benzene rings is 2. The first-order valence-electron chi connectivity index (χ1n) is 7.69. The highest BCUT2D eigenvalue weighted by Gasteiger charge is 2.73. The molecule has 1 saturated carbocycles. The van der Waals surface area contributed by atoms with Crippen molar-refractivity contribution in [3.8, 4) is 0 Å². The molecule has 4 nitrogen and oxygen atoms in total. The van der Waals surface area contributed by atoms with Gasteiger partial charge in [0.2, 0.25) is 0 Å². The molecule has 1 fully saturated rings. The summed E-state index contributed by atoms with van der Waals surface area (Å²) < 4.78 is 32.8. The van der Waals surface area contributed by atoms with Gasteiger partial charge in [0.05, 0.1) is 27.2 Å². The van der Waals surface area contributed by atoms with Crippen LogP contribution in [0.4, 0.5) is 0 Å². The molecule has 132 valence electrons. The molecule has 0 heterocycles. The second kappa shape index (κ2) is 6.79. The summed E-state index contributed by atoms with van der Waals surface area (Å²) in [5.41, 5.74) is 6.01. The van der Waals surface area contributed by atoms with Crippen LogP contribution in [0.3, 0.4) is 0 Å². The van der Waals surface area contributed by atoms with E-state index < -0.39 is 20.5 Å². The van der Waals surface area contributed by atoms with Crippen molar-refractivity contribution in [1.29, 1.82) is 0 Å². The quantitative estimate of drug-likeness (QED) is 0.699. The second-order valence-electron chi connectivity index (χ2n) is 6.15. The van der Waals surface area contributed by atoms with E-state index in [9.17, 15) is 8.42 Å². The van der Waals surface area contributed by atoms with Crippen LogP contribution < -0.4 is 5.73 Å². The Hall–Kier alpha value is -1.28. The molecular weight excluding hydrogens is 422 g/mol. The highest BCUT2D eigenvalue weighted by molar-refractivity contribution is 9.10. The van der Waals surface area contributed by atoms with Gasteiger partial charge in [-0.2, -0.15) is 0 Å². The molecule has 2 aromatic rings. The smallest absolute Gasteiger partial charge is 0.182 e. The molecule has 1 aliphatic carbocycles. The van der Waals surface area contributed by atoms with Crippen LogP contribution >= 0.6 is 28.1 Å². The van der Waals surface area contributed by atoms with Gasteiger partial charge >= 0.3 is 0 Å². The average Bonchev–Trinajstić information content (AvgIpc) is 3.28. The van der Waals surface area contributed by atoms with Crippen molar-refractivity contribution < 1.29 is 13.2 Å². The van der Waals surface area contributed by atoms with Gasteiger partial charge in [-0.1, -0.05) is 58.5 Å². The predicted octanol–water partition coefficient (Wildman–Crippen LogP) is 3.31. The zero-order valence-corrected chi connectivity index (χ0v) is 16.8. The monoisotopic (exact) mass is 439 g/mol. The minimum absolute atomic E-state index is 0.166. The van der Waals surface area contributed by atoms with E-state index in [2.05, 4.69) is 15.9 Å². The molecule has 7 heteroatoms.